The quantitative estimate of drug-likeness (QED) is 0.758. The number of esters is 1. The van der Waals surface area contributed by atoms with E-state index in [0.717, 1.165) is 12.1 Å². The van der Waals surface area contributed by atoms with Gasteiger partial charge in [0.2, 0.25) is 5.88 Å². The average Bonchev–Trinajstić information content (AvgIpc) is 2.59. The first kappa shape index (κ1) is 20.8. The molecule has 0 saturated heterocycles. The van der Waals surface area contributed by atoms with Crippen molar-refractivity contribution in [2.75, 3.05) is 0 Å². The Balaban J connectivity index is 2.05. The van der Waals surface area contributed by atoms with Crippen LogP contribution in [0.15, 0.2) is 47.1 Å². The summed E-state index contributed by atoms with van der Waals surface area (Å²) in [6, 6.07) is 4.96. The molecular formula is C20H20F3NO5. The Morgan fingerprint density at radius 1 is 1.21 bits per heavy atom. The van der Waals surface area contributed by atoms with Crippen LogP contribution in [0.25, 0.3) is 0 Å². The van der Waals surface area contributed by atoms with Gasteiger partial charge < -0.3 is 19.9 Å². The average molecular weight is 411 g/mol. The van der Waals surface area contributed by atoms with Gasteiger partial charge in [0.05, 0.1) is 12.0 Å². The van der Waals surface area contributed by atoms with Gasteiger partial charge in [-0.15, -0.1) is 13.2 Å². The Hall–Kier alpha value is -2.97. The number of alkyl halides is 3. The number of ketones is 1. The van der Waals surface area contributed by atoms with E-state index < -0.39 is 30.1 Å². The fourth-order valence-corrected chi connectivity index (χ4v) is 3.43. The summed E-state index contributed by atoms with van der Waals surface area (Å²) in [7, 11) is 0. The number of Topliss-reactive ketones (excluding diaryl/α,β-unsaturated/α-hetero) is 1. The topological polar surface area (TPSA) is 87.9 Å². The van der Waals surface area contributed by atoms with Gasteiger partial charge in [-0.25, -0.2) is 4.79 Å². The molecule has 6 nitrogen and oxygen atoms in total. The van der Waals surface area contributed by atoms with Crippen LogP contribution in [0.3, 0.4) is 0 Å². The molecule has 0 unspecified atom stereocenters. The second kappa shape index (κ2) is 7.81. The predicted molar refractivity (Wildman–Crippen MR) is 95.3 cm³/mol. The zero-order valence-electron chi connectivity index (χ0n) is 15.8. The molecule has 1 atom stereocenters. The minimum absolute atomic E-state index is 0.0443. The Morgan fingerprint density at radius 2 is 1.86 bits per heavy atom. The van der Waals surface area contributed by atoms with Crippen LogP contribution < -0.4 is 10.5 Å². The lowest BCUT2D eigenvalue weighted by atomic mass is 9.77. The molecule has 0 bridgehead atoms. The third-order valence-electron chi connectivity index (χ3n) is 4.49. The zero-order chi connectivity index (χ0) is 21.3. The molecule has 0 saturated carbocycles. The lowest BCUT2D eigenvalue weighted by molar-refractivity contribution is -0.274. The van der Waals surface area contributed by atoms with E-state index in [2.05, 4.69) is 4.74 Å². The molecule has 1 aromatic carbocycles. The summed E-state index contributed by atoms with van der Waals surface area (Å²) in [5.41, 5.74) is 6.63. The van der Waals surface area contributed by atoms with Crippen molar-refractivity contribution in [2.45, 2.75) is 51.5 Å². The van der Waals surface area contributed by atoms with Crippen LogP contribution in [0.5, 0.6) is 5.75 Å². The van der Waals surface area contributed by atoms with Gasteiger partial charge in [0, 0.05) is 18.4 Å². The molecule has 9 heteroatoms. The van der Waals surface area contributed by atoms with Gasteiger partial charge in [-0.2, -0.15) is 0 Å². The number of allylic oxidation sites excluding steroid dienone is 2. The van der Waals surface area contributed by atoms with E-state index in [1.807, 2.05) is 0 Å². The van der Waals surface area contributed by atoms with E-state index in [-0.39, 0.29) is 29.2 Å². The van der Waals surface area contributed by atoms with Gasteiger partial charge in [-0.05, 0) is 38.0 Å². The molecule has 3 rings (SSSR count). The molecule has 0 spiro atoms. The number of benzene rings is 1. The molecule has 0 amide bonds. The summed E-state index contributed by atoms with van der Waals surface area (Å²) in [6.45, 7) is 3.32. The lowest BCUT2D eigenvalue weighted by Gasteiger charge is -2.32. The standard InChI is InChI=1S/C20H20F3NO5/c1-10(2)27-19(26)17-15(11-6-8-12(9-7-11)29-20(21,22)23)16-13(25)4-3-5-14(16)28-18(17)24/h6-10,15H,3-5,24H2,1-2H3/t15-/m1/s1. The second-order valence-corrected chi connectivity index (χ2v) is 7.00. The van der Waals surface area contributed by atoms with Crippen molar-refractivity contribution in [1.82, 2.24) is 0 Å². The third kappa shape index (κ3) is 4.55. The Labute approximate surface area is 165 Å². The molecule has 2 N–H and O–H groups in total. The Bertz CT molecular complexity index is 884. The van der Waals surface area contributed by atoms with Crippen molar-refractivity contribution in [3.8, 4) is 5.75 Å². The minimum atomic E-state index is -4.83. The lowest BCUT2D eigenvalue weighted by Crippen LogP contribution is -2.32. The van der Waals surface area contributed by atoms with Gasteiger partial charge in [-0.3, -0.25) is 4.79 Å². The number of rotatable bonds is 4. The largest absolute Gasteiger partial charge is 0.573 e. The molecule has 0 aromatic heterocycles. The molecular weight excluding hydrogens is 391 g/mol. The highest BCUT2D eigenvalue weighted by Gasteiger charge is 2.41. The first-order valence-corrected chi connectivity index (χ1v) is 9.07. The summed E-state index contributed by atoms with van der Waals surface area (Å²) >= 11 is 0. The molecule has 29 heavy (non-hydrogen) atoms. The molecule has 0 fully saturated rings. The first-order valence-electron chi connectivity index (χ1n) is 9.07. The van der Waals surface area contributed by atoms with Crippen molar-refractivity contribution in [2.24, 2.45) is 5.73 Å². The Kier molecular flexibility index (Phi) is 5.59. The summed E-state index contributed by atoms with van der Waals surface area (Å²) in [4.78, 5) is 25.3. The number of halogens is 3. The predicted octanol–water partition coefficient (Wildman–Crippen LogP) is 3.83. The SMILES string of the molecule is CC(C)OC(=O)C1=C(N)OC2=C(C(=O)CCC2)[C@H]1c1ccc(OC(F)(F)F)cc1. The van der Waals surface area contributed by atoms with Crippen LogP contribution in [0, 0.1) is 0 Å². The Morgan fingerprint density at radius 3 is 2.45 bits per heavy atom. The summed E-state index contributed by atoms with van der Waals surface area (Å²) in [6.07, 6.45) is -3.93. The van der Waals surface area contributed by atoms with E-state index in [1.54, 1.807) is 13.8 Å². The normalized spacial score (nSPS) is 19.8. The number of carbonyl (C=O) groups excluding carboxylic acids is 2. The van der Waals surface area contributed by atoms with E-state index in [9.17, 15) is 22.8 Å². The van der Waals surface area contributed by atoms with E-state index in [0.29, 0.717) is 24.2 Å². The molecule has 0 radical (unpaired) electrons. The van der Waals surface area contributed by atoms with Gasteiger partial charge >= 0.3 is 12.3 Å². The highest BCUT2D eigenvalue weighted by molar-refractivity contribution is 6.03. The van der Waals surface area contributed by atoms with Crippen LogP contribution in [-0.4, -0.2) is 24.2 Å². The number of hydrogen-bond acceptors (Lipinski definition) is 6. The molecule has 1 aliphatic carbocycles. The smallest absolute Gasteiger partial charge is 0.459 e. The number of hydrogen-bond donors (Lipinski definition) is 1. The maximum Gasteiger partial charge on any atom is 0.573 e. The van der Waals surface area contributed by atoms with E-state index in [1.165, 1.54) is 12.1 Å². The van der Waals surface area contributed by atoms with Gasteiger partial charge in [0.15, 0.2) is 5.78 Å². The van der Waals surface area contributed by atoms with Crippen molar-refractivity contribution in [3.63, 3.8) is 0 Å². The minimum Gasteiger partial charge on any atom is -0.459 e. The van der Waals surface area contributed by atoms with Crippen molar-refractivity contribution in [3.05, 3.63) is 52.6 Å². The fourth-order valence-electron chi connectivity index (χ4n) is 3.43. The van der Waals surface area contributed by atoms with Gasteiger partial charge in [0.25, 0.3) is 0 Å². The van der Waals surface area contributed by atoms with Crippen LogP contribution >= 0.6 is 0 Å². The maximum absolute atomic E-state index is 12.7. The van der Waals surface area contributed by atoms with Crippen molar-refractivity contribution < 1.29 is 37.0 Å². The monoisotopic (exact) mass is 411 g/mol. The second-order valence-electron chi connectivity index (χ2n) is 7.00. The van der Waals surface area contributed by atoms with Gasteiger partial charge in [0.1, 0.15) is 17.1 Å². The van der Waals surface area contributed by atoms with E-state index in [4.69, 9.17) is 15.2 Å². The van der Waals surface area contributed by atoms with Crippen molar-refractivity contribution >= 4 is 11.8 Å². The number of ether oxygens (including phenoxy) is 3. The van der Waals surface area contributed by atoms with Crippen LogP contribution in [0.4, 0.5) is 13.2 Å². The highest BCUT2D eigenvalue weighted by atomic mass is 19.4. The summed E-state index contributed by atoms with van der Waals surface area (Å²) < 4.78 is 52.0. The highest BCUT2D eigenvalue weighted by Crippen LogP contribution is 2.44. The number of carbonyl (C=O) groups is 2. The molecule has 1 heterocycles. The molecule has 156 valence electrons. The van der Waals surface area contributed by atoms with Crippen molar-refractivity contribution in [1.29, 1.82) is 0 Å². The van der Waals surface area contributed by atoms with Crippen LogP contribution in [0.2, 0.25) is 0 Å². The van der Waals surface area contributed by atoms with E-state index >= 15 is 0 Å². The number of nitrogens with two attached hydrogens (primary N) is 1. The van der Waals surface area contributed by atoms with Gasteiger partial charge in [-0.1, -0.05) is 12.1 Å². The zero-order valence-corrected chi connectivity index (χ0v) is 15.8. The first-order chi connectivity index (χ1) is 13.6. The van der Waals surface area contributed by atoms with Crippen LogP contribution in [0.1, 0.15) is 44.6 Å². The maximum atomic E-state index is 12.7. The summed E-state index contributed by atoms with van der Waals surface area (Å²) in [5, 5.41) is 0. The summed E-state index contributed by atoms with van der Waals surface area (Å²) in [5.74, 6) is -2.05. The molecule has 1 aromatic rings. The van der Waals surface area contributed by atoms with Crippen LogP contribution in [-0.2, 0) is 19.1 Å². The molecule has 2 aliphatic rings. The molecule has 1 aliphatic heterocycles. The third-order valence-corrected chi connectivity index (χ3v) is 4.49. The fraction of sp³-hybridized carbons (Fsp3) is 0.400.